The van der Waals surface area contributed by atoms with Gasteiger partial charge in [0.05, 0.1) is 11.6 Å². The molecule has 0 saturated heterocycles. The lowest BCUT2D eigenvalue weighted by Crippen LogP contribution is -2.01. The van der Waals surface area contributed by atoms with Gasteiger partial charge in [0.25, 0.3) is 0 Å². The van der Waals surface area contributed by atoms with E-state index in [0.717, 1.165) is 11.3 Å². The molecule has 3 aromatic rings. The van der Waals surface area contributed by atoms with Crippen LogP contribution in [-0.4, -0.2) is 20.5 Å². The van der Waals surface area contributed by atoms with Gasteiger partial charge in [-0.1, -0.05) is 41.6 Å². The fraction of sp³-hybridized carbons (Fsp3) is 0.167. The Morgan fingerprint density at radius 2 is 1.88 bits per heavy atom. The van der Waals surface area contributed by atoms with Gasteiger partial charge in [0, 0.05) is 17.9 Å². The molecular weight excluding hydrogens is 323 g/mol. The molecule has 3 rings (SSSR count). The zero-order valence-electron chi connectivity index (χ0n) is 13.1. The molecule has 0 radical (unpaired) electrons. The summed E-state index contributed by atoms with van der Waals surface area (Å²) in [7, 11) is 0. The molecule has 0 spiro atoms. The molecule has 0 unspecified atom stereocenters. The van der Waals surface area contributed by atoms with Crippen LogP contribution in [0.2, 0.25) is 0 Å². The molecule has 0 atom stereocenters. The highest BCUT2D eigenvalue weighted by Gasteiger charge is 2.18. The van der Waals surface area contributed by atoms with Crippen molar-refractivity contribution in [2.24, 2.45) is 0 Å². The molecule has 0 amide bonds. The molecule has 1 heterocycles. The van der Waals surface area contributed by atoms with E-state index in [-0.39, 0.29) is 5.82 Å². The Kier molecular flexibility index (Phi) is 4.92. The van der Waals surface area contributed by atoms with Gasteiger partial charge in [0.15, 0.2) is 11.0 Å². The first-order valence-electron chi connectivity index (χ1n) is 7.48. The largest absolute Gasteiger partial charge is 0.270 e. The Morgan fingerprint density at radius 3 is 2.58 bits per heavy atom. The number of rotatable bonds is 5. The van der Waals surface area contributed by atoms with Crippen molar-refractivity contribution in [2.45, 2.75) is 18.5 Å². The van der Waals surface area contributed by atoms with Crippen molar-refractivity contribution in [2.75, 3.05) is 5.75 Å². The van der Waals surface area contributed by atoms with Crippen LogP contribution in [0.4, 0.5) is 4.39 Å². The SMILES string of the molecule is Cc1ccc(-n2c(SCCC#N)nnc2-c2ccccc2F)cc1. The Labute approximate surface area is 144 Å². The van der Waals surface area contributed by atoms with Crippen molar-refractivity contribution in [3.05, 3.63) is 59.9 Å². The molecule has 4 nitrogen and oxygen atoms in total. The fourth-order valence-electron chi connectivity index (χ4n) is 2.29. The number of hydrogen-bond acceptors (Lipinski definition) is 4. The monoisotopic (exact) mass is 338 g/mol. The number of hydrogen-bond donors (Lipinski definition) is 0. The van der Waals surface area contributed by atoms with E-state index in [0.29, 0.717) is 28.7 Å². The third kappa shape index (κ3) is 3.31. The predicted octanol–water partition coefficient (Wildman–Crippen LogP) is 4.39. The van der Waals surface area contributed by atoms with Gasteiger partial charge < -0.3 is 0 Å². The third-order valence-electron chi connectivity index (χ3n) is 3.49. The van der Waals surface area contributed by atoms with Crippen LogP contribution in [0, 0.1) is 24.1 Å². The van der Waals surface area contributed by atoms with Crippen LogP contribution >= 0.6 is 11.8 Å². The van der Waals surface area contributed by atoms with Gasteiger partial charge in [-0.25, -0.2) is 4.39 Å². The molecule has 0 N–H and O–H groups in total. The third-order valence-corrected chi connectivity index (χ3v) is 4.42. The number of thioether (sulfide) groups is 1. The average Bonchev–Trinajstić information content (AvgIpc) is 3.00. The number of benzene rings is 2. The lowest BCUT2D eigenvalue weighted by atomic mass is 10.2. The van der Waals surface area contributed by atoms with E-state index in [1.807, 2.05) is 35.8 Å². The molecule has 0 aliphatic carbocycles. The first kappa shape index (κ1) is 16.2. The van der Waals surface area contributed by atoms with E-state index >= 15 is 0 Å². The number of halogens is 1. The summed E-state index contributed by atoms with van der Waals surface area (Å²) in [5.41, 5.74) is 2.40. The summed E-state index contributed by atoms with van der Waals surface area (Å²) in [5.74, 6) is 0.723. The maximum Gasteiger partial charge on any atom is 0.196 e. The summed E-state index contributed by atoms with van der Waals surface area (Å²) < 4.78 is 16.1. The van der Waals surface area contributed by atoms with Crippen LogP contribution in [0.5, 0.6) is 0 Å². The summed E-state index contributed by atoms with van der Waals surface area (Å²) in [4.78, 5) is 0. The molecule has 2 aromatic carbocycles. The molecule has 24 heavy (non-hydrogen) atoms. The Hall–Kier alpha value is -2.65. The first-order chi connectivity index (χ1) is 11.7. The second kappa shape index (κ2) is 7.28. The molecule has 6 heteroatoms. The van der Waals surface area contributed by atoms with Gasteiger partial charge in [-0.3, -0.25) is 4.57 Å². The van der Waals surface area contributed by atoms with Crippen molar-refractivity contribution in [1.29, 1.82) is 5.26 Å². The lowest BCUT2D eigenvalue weighted by Gasteiger charge is -2.11. The molecule has 0 bridgehead atoms. The summed E-state index contributed by atoms with van der Waals surface area (Å²) >= 11 is 1.44. The van der Waals surface area contributed by atoms with E-state index in [9.17, 15) is 4.39 Å². The van der Waals surface area contributed by atoms with Gasteiger partial charge in [0.1, 0.15) is 5.82 Å². The maximum atomic E-state index is 14.2. The Balaban J connectivity index is 2.11. The van der Waals surface area contributed by atoms with E-state index in [1.54, 1.807) is 18.2 Å². The highest BCUT2D eigenvalue weighted by Crippen LogP contribution is 2.29. The zero-order chi connectivity index (χ0) is 16.9. The van der Waals surface area contributed by atoms with E-state index in [4.69, 9.17) is 5.26 Å². The number of nitriles is 1. The van der Waals surface area contributed by atoms with Crippen molar-refractivity contribution in [1.82, 2.24) is 14.8 Å². The van der Waals surface area contributed by atoms with Gasteiger partial charge in [-0.05, 0) is 31.2 Å². The predicted molar refractivity (Wildman–Crippen MR) is 92.4 cm³/mol. The summed E-state index contributed by atoms with van der Waals surface area (Å²) in [6.45, 7) is 2.01. The highest BCUT2D eigenvalue weighted by molar-refractivity contribution is 7.99. The minimum atomic E-state index is -0.341. The molecule has 120 valence electrons. The highest BCUT2D eigenvalue weighted by atomic mass is 32.2. The van der Waals surface area contributed by atoms with Crippen LogP contribution in [0.15, 0.2) is 53.7 Å². The topological polar surface area (TPSA) is 54.5 Å². The minimum absolute atomic E-state index is 0.341. The molecule has 0 aliphatic heterocycles. The van der Waals surface area contributed by atoms with E-state index < -0.39 is 0 Å². The van der Waals surface area contributed by atoms with Gasteiger partial charge >= 0.3 is 0 Å². The average molecular weight is 338 g/mol. The second-order valence-electron chi connectivity index (χ2n) is 5.21. The van der Waals surface area contributed by atoms with Gasteiger partial charge in [-0.15, -0.1) is 10.2 Å². The molecule has 0 aliphatic rings. The maximum absolute atomic E-state index is 14.2. The summed E-state index contributed by atoms with van der Waals surface area (Å²) in [6, 6.07) is 16.5. The van der Waals surface area contributed by atoms with Crippen molar-refractivity contribution >= 4 is 11.8 Å². The van der Waals surface area contributed by atoms with Crippen LogP contribution < -0.4 is 0 Å². The second-order valence-corrected chi connectivity index (χ2v) is 6.28. The quantitative estimate of drug-likeness (QED) is 0.511. The normalized spacial score (nSPS) is 10.5. The van der Waals surface area contributed by atoms with Crippen LogP contribution in [0.3, 0.4) is 0 Å². The van der Waals surface area contributed by atoms with E-state index in [1.165, 1.54) is 17.8 Å². The van der Waals surface area contributed by atoms with E-state index in [2.05, 4.69) is 16.3 Å². The fourth-order valence-corrected chi connectivity index (χ4v) is 3.09. The zero-order valence-corrected chi connectivity index (χ0v) is 13.9. The molecule has 0 saturated carbocycles. The standard InChI is InChI=1S/C18H15FN4S/c1-13-7-9-14(10-8-13)23-17(15-5-2-3-6-16(15)19)21-22-18(23)24-12-4-11-20/h2-3,5-10H,4,12H2,1H3. The van der Waals surface area contributed by atoms with Crippen molar-refractivity contribution in [3.8, 4) is 23.1 Å². The number of aromatic nitrogens is 3. The number of nitrogens with zero attached hydrogens (tertiary/aromatic N) is 4. The van der Waals surface area contributed by atoms with Crippen molar-refractivity contribution in [3.63, 3.8) is 0 Å². The van der Waals surface area contributed by atoms with Crippen LogP contribution in [0.25, 0.3) is 17.1 Å². The molecule has 1 aromatic heterocycles. The van der Waals surface area contributed by atoms with Crippen molar-refractivity contribution < 1.29 is 4.39 Å². The van der Waals surface area contributed by atoms with Gasteiger partial charge in [-0.2, -0.15) is 5.26 Å². The number of aryl methyl sites for hydroxylation is 1. The molecular formula is C18H15FN4S. The lowest BCUT2D eigenvalue weighted by molar-refractivity contribution is 0.629. The van der Waals surface area contributed by atoms with Gasteiger partial charge in [0.2, 0.25) is 0 Å². The molecule has 0 fully saturated rings. The smallest absolute Gasteiger partial charge is 0.196 e. The summed E-state index contributed by atoms with van der Waals surface area (Å²) in [6.07, 6.45) is 0.417. The summed E-state index contributed by atoms with van der Waals surface area (Å²) in [5, 5.41) is 17.8. The first-order valence-corrected chi connectivity index (χ1v) is 8.46. The van der Waals surface area contributed by atoms with Crippen LogP contribution in [-0.2, 0) is 0 Å². The minimum Gasteiger partial charge on any atom is -0.270 e. The Bertz CT molecular complexity index is 881. The van der Waals surface area contributed by atoms with Crippen LogP contribution in [0.1, 0.15) is 12.0 Å². The Morgan fingerprint density at radius 1 is 1.12 bits per heavy atom.